The Labute approximate surface area is 165 Å². The fraction of sp³-hybridized carbons (Fsp3) is 0.667. The zero-order valence-electron chi connectivity index (χ0n) is 15.6. The summed E-state index contributed by atoms with van der Waals surface area (Å²) < 4.78 is 5.57. The molecule has 1 rings (SSSR count). The molecule has 0 aliphatic heterocycles. The molecule has 1 aromatic rings. The Bertz CT molecular complexity index is 552. The molecule has 0 spiro atoms. The van der Waals surface area contributed by atoms with E-state index in [1.165, 1.54) is 11.3 Å². The molecule has 6 nitrogen and oxygen atoms in total. The minimum atomic E-state index is -0.647. The van der Waals surface area contributed by atoms with Crippen LogP contribution in [0, 0.1) is 0 Å². The van der Waals surface area contributed by atoms with Crippen molar-refractivity contribution in [2.45, 2.75) is 52.1 Å². The fourth-order valence-electron chi connectivity index (χ4n) is 2.30. The van der Waals surface area contributed by atoms with Gasteiger partial charge in [-0.25, -0.2) is 0 Å². The Balaban J connectivity index is 2.22. The van der Waals surface area contributed by atoms with Crippen LogP contribution in [0.5, 0.6) is 0 Å². The molecule has 1 unspecified atom stereocenters. The summed E-state index contributed by atoms with van der Waals surface area (Å²) in [5, 5.41) is 16.6. The molecule has 0 bridgehead atoms. The molecule has 0 saturated carbocycles. The molecule has 0 amide bonds. The first-order chi connectivity index (χ1) is 12.6. The Morgan fingerprint density at radius 2 is 2.04 bits per heavy atom. The lowest BCUT2D eigenvalue weighted by Crippen LogP contribution is -2.38. The summed E-state index contributed by atoms with van der Waals surface area (Å²) in [4.78, 5) is 16.5. The topological polar surface area (TPSA) is 83.0 Å². The van der Waals surface area contributed by atoms with Gasteiger partial charge in [-0.05, 0) is 38.8 Å². The number of halogens is 1. The molecular formula is C18H30ClN3O3S. The predicted octanol–water partition coefficient (Wildman–Crippen LogP) is 3.50. The van der Waals surface area contributed by atoms with Crippen LogP contribution in [0.1, 0.15) is 56.9 Å². The van der Waals surface area contributed by atoms with Gasteiger partial charge >= 0.3 is 5.97 Å². The van der Waals surface area contributed by atoms with Crippen molar-refractivity contribution < 1.29 is 14.6 Å². The maximum atomic E-state index is 11.2. The average molecular weight is 404 g/mol. The van der Waals surface area contributed by atoms with Crippen LogP contribution in [-0.2, 0) is 9.53 Å². The van der Waals surface area contributed by atoms with Gasteiger partial charge in [0.15, 0.2) is 5.96 Å². The van der Waals surface area contributed by atoms with E-state index in [2.05, 4.69) is 15.6 Å². The molecule has 0 saturated heterocycles. The SMILES string of the molecule is CCNC(=NCC(O)c1ccc(Cl)s1)NCCCCCCC(=O)OCC. The van der Waals surface area contributed by atoms with Gasteiger partial charge in [0.1, 0.15) is 6.10 Å². The number of nitrogens with zero attached hydrogens (tertiary/aromatic N) is 1. The number of aliphatic hydroxyl groups is 1. The number of nitrogens with one attached hydrogen (secondary N) is 2. The highest BCUT2D eigenvalue weighted by Gasteiger charge is 2.10. The van der Waals surface area contributed by atoms with E-state index >= 15 is 0 Å². The van der Waals surface area contributed by atoms with E-state index in [0.29, 0.717) is 23.3 Å². The molecule has 26 heavy (non-hydrogen) atoms. The van der Waals surface area contributed by atoms with E-state index in [4.69, 9.17) is 16.3 Å². The molecule has 1 aromatic heterocycles. The smallest absolute Gasteiger partial charge is 0.305 e. The number of esters is 1. The van der Waals surface area contributed by atoms with E-state index in [1.807, 2.05) is 19.9 Å². The third-order valence-corrected chi connectivity index (χ3v) is 4.93. The van der Waals surface area contributed by atoms with Crippen molar-refractivity contribution in [3.8, 4) is 0 Å². The van der Waals surface area contributed by atoms with Crippen LogP contribution in [0.3, 0.4) is 0 Å². The number of ether oxygens (including phenoxy) is 1. The summed E-state index contributed by atoms with van der Waals surface area (Å²) >= 11 is 7.26. The molecule has 148 valence electrons. The summed E-state index contributed by atoms with van der Waals surface area (Å²) in [6.07, 6.45) is 3.76. The highest BCUT2D eigenvalue weighted by molar-refractivity contribution is 7.16. The standard InChI is InChI=1S/C18H30ClN3O3S/c1-3-20-18(22-13-14(23)15-10-11-16(19)26-15)21-12-8-6-5-7-9-17(24)25-4-2/h10-11,14,23H,3-9,12-13H2,1-2H3,(H2,20,21,22). The molecule has 0 fully saturated rings. The van der Waals surface area contributed by atoms with E-state index in [-0.39, 0.29) is 12.5 Å². The van der Waals surface area contributed by atoms with E-state index in [9.17, 15) is 9.90 Å². The zero-order valence-corrected chi connectivity index (χ0v) is 17.2. The lowest BCUT2D eigenvalue weighted by Gasteiger charge is -2.12. The van der Waals surface area contributed by atoms with Crippen molar-refractivity contribution >= 4 is 34.9 Å². The first-order valence-electron chi connectivity index (χ1n) is 9.17. The van der Waals surface area contributed by atoms with Crippen LogP contribution in [0.4, 0.5) is 0 Å². The number of carbonyl (C=O) groups excluding carboxylic acids is 1. The fourth-order valence-corrected chi connectivity index (χ4v) is 3.34. The second kappa shape index (κ2) is 13.8. The first kappa shape index (κ1) is 22.7. The van der Waals surface area contributed by atoms with Crippen LogP contribution in [-0.4, -0.2) is 43.3 Å². The minimum Gasteiger partial charge on any atom is -0.466 e. The van der Waals surface area contributed by atoms with E-state index in [0.717, 1.165) is 43.6 Å². The molecule has 1 atom stereocenters. The minimum absolute atomic E-state index is 0.113. The van der Waals surface area contributed by atoms with Gasteiger partial charge in [0.2, 0.25) is 0 Å². The molecule has 0 radical (unpaired) electrons. The Morgan fingerprint density at radius 1 is 1.27 bits per heavy atom. The zero-order chi connectivity index (χ0) is 19.2. The lowest BCUT2D eigenvalue weighted by atomic mass is 10.1. The third kappa shape index (κ3) is 9.99. The molecule has 0 aromatic carbocycles. The Morgan fingerprint density at radius 3 is 2.69 bits per heavy atom. The lowest BCUT2D eigenvalue weighted by molar-refractivity contribution is -0.143. The van der Waals surface area contributed by atoms with Crippen LogP contribution in [0.25, 0.3) is 0 Å². The van der Waals surface area contributed by atoms with E-state index in [1.54, 1.807) is 6.07 Å². The summed E-state index contributed by atoms with van der Waals surface area (Å²) in [5.74, 6) is 0.582. The van der Waals surface area contributed by atoms with Crippen molar-refractivity contribution in [1.82, 2.24) is 10.6 Å². The summed E-state index contributed by atoms with van der Waals surface area (Å²) in [6, 6.07) is 3.60. The number of unbranched alkanes of at least 4 members (excludes halogenated alkanes) is 3. The van der Waals surface area contributed by atoms with Gasteiger partial charge in [-0.15, -0.1) is 11.3 Å². The van der Waals surface area contributed by atoms with Gasteiger partial charge in [-0.1, -0.05) is 24.4 Å². The molecule has 0 aliphatic carbocycles. The second-order valence-corrected chi connectivity index (χ2v) is 7.52. The van der Waals surface area contributed by atoms with E-state index < -0.39 is 6.10 Å². The average Bonchev–Trinajstić information content (AvgIpc) is 3.05. The first-order valence-corrected chi connectivity index (χ1v) is 10.4. The maximum absolute atomic E-state index is 11.2. The van der Waals surface area contributed by atoms with Crippen molar-refractivity contribution in [2.75, 3.05) is 26.2 Å². The maximum Gasteiger partial charge on any atom is 0.305 e. The molecular weight excluding hydrogens is 374 g/mol. The van der Waals surface area contributed by atoms with Gasteiger partial charge in [-0.2, -0.15) is 0 Å². The molecule has 1 heterocycles. The van der Waals surface area contributed by atoms with Gasteiger partial charge < -0.3 is 20.5 Å². The number of aliphatic hydroxyl groups excluding tert-OH is 1. The molecule has 3 N–H and O–H groups in total. The number of hydrogen-bond acceptors (Lipinski definition) is 5. The number of rotatable bonds is 12. The van der Waals surface area contributed by atoms with Gasteiger partial charge in [0.05, 0.1) is 17.5 Å². The van der Waals surface area contributed by atoms with Gasteiger partial charge in [0, 0.05) is 24.4 Å². The van der Waals surface area contributed by atoms with Crippen LogP contribution in [0.2, 0.25) is 4.34 Å². The van der Waals surface area contributed by atoms with Crippen molar-refractivity contribution in [3.63, 3.8) is 0 Å². The van der Waals surface area contributed by atoms with Crippen LogP contribution >= 0.6 is 22.9 Å². The largest absolute Gasteiger partial charge is 0.466 e. The number of thiophene rings is 1. The summed E-state index contributed by atoms with van der Waals surface area (Å²) in [6.45, 7) is 6.11. The third-order valence-electron chi connectivity index (χ3n) is 3.59. The number of carbonyl (C=O) groups is 1. The number of aliphatic imine (C=N–C) groups is 1. The highest BCUT2D eigenvalue weighted by Crippen LogP contribution is 2.26. The number of guanidine groups is 1. The van der Waals surface area contributed by atoms with Crippen LogP contribution < -0.4 is 10.6 Å². The predicted molar refractivity (Wildman–Crippen MR) is 108 cm³/mol. The normalized spacial score (nSPS) is 12.7. The Kier molecular flexibility index (Phi) is 12.1. The molecule has 8 heteroatoms. The second-order valence-electron chi connectivity index (χ2n) is 5.77. The van der Waals surface area contributed by atoms with Crippen molar-refractivity contribution in [2.24, 2.45) is 4.99 Å². The summed E-state index contributed by atoms with van der Waals surface area (Å²) in [7, 11) is 0. The summed E-state index contributed by atoms with van der Waals surface area (Å²) in [5.41, 5.74) is 0. The quantitative estimate of drug-likeness (QED) is 0.215. The van der Waals surface area contributed by atoms with Crippen LogP contribution in [0.15, 0.2) is 17.1 Å². The monoisotopic (exact) mass is 403 g/mol. The van der Waals surface area contributed by atoms with Crippen molar-refractivity contribution in [1.29, 1.82) is 0 Å². The molecule has 0 aliphatic rings. The Hall–Kier alpha value is -1.31. The van der Waals surface area contributed by atoms with Gasteiger partial charge in [-0.3, -0.25) is 9.79 Å². The van der Waals surface area contributed by atoms with Gasteiger partial charge in [0.25, 0.3) is 0 Å². The number of hydrogen-bond donors (Lipinski definition) is 3. The highest BCUT2D eigenvalue weighted by atomic mass is 35.5. The van der Waals surface area contributed by atoms with Crippen molar-refractivity contribution in [3.05, 3.63) is 21.3 Å².